The van der Waals surface area contributed by atoms with E-state index in [4.69, 9.17) is 10.2 Å². The van der Waals surface area contributed by atoms with Gasteiger partial charge in [0.2, 0.25) is 0 Å². The first-order valence-corrected chi connectivity index (χ1v) is 3.68. The molecule has 0 atom stereocenters. The number of nitro groups is 1. The zero-order valence-electron chi connectivity index (χ0n) is 7.21. The van der Waals surface area contributed by atoms with Crippen LogP contribution in [0.4, 0.5) is 5.69 Å². The Morgan fingerprint density at radius 1 is 1.20 bits per heavy atom. The highest BCUT2D eigenvalue weighted by Gasteiger charge is 2.21. The summed E-state index contributed by atoms with van der Waals surface area (Å²) in [6, 6.07) is 2.61. The maximum atomic E-state index is 10.6. The zero-order chi connectivity index (χ0) is 11.6. The van der Waals surface area contributed by atoms with E-state index in [1.54, 1.807) is 0 Å². The molecule has 7 heteroatoms. The summed E-state index contributed by atoms with van der Waals surface area (Å²) in [6.45, 7) is 0. The molecule has 0 radical (unpaired) electrons. The summed E-state index contributed by atoms with van der Waals surface area (Å²) < 4.78 is 0. The van der Waals surface area contributed by atoms with Crippen LogP contribution < -0.4 is 0 Å². The van der Waals surface area contributed by atoms with Crippen LogP contribution in [0.2, 0.25) is 0 Å². The van der Waals surface area contributed by atoms with Crippen LogP contribution >= 0.6 is 0 Å². The van der Waals surface area contributed by atoms with Gasteiger partial charge in [-0.2, -0.15) is 0 Å². The average Bonchev–Trinajstić information content (AvgIpc) is 2.16. The van der Waals surface area contributed by atoms with Gasteiger partial charge < -0.3 is 10.2 Å². The van der Waals surface area contributed by atoms with E-state index in [9.17, 15) is 19.7 Å². The Morgan fingerprint density at radius 3 is 2.20 bits per heavy atom. The molecule has 0 aliphatic carbocycles. The summed E-state index contributed by atoms with van der Waals surface area (Å²) in [4.78, 5) is 30.6. The molecule has 15 heavy (non-hydrogen) atoms. The molecule has 1 aromatic carbocycles. The SMILES string of the molecule is O=C(O)c1ccc(C(=O)O)c([N+](=O)[O-])c1. The second-order valence-corrected chi connectivity index (χ2v) is 2.60. The van der Waals surface area contributed by atoms with Crippen LogP contribution in [0, 0.1) is 10.1 Å². The smallest absolute Gasteiger partial charge is 0.342 e. The molecule has 2 N–H and O–H groups in total. The maximum absolute atomic E-state index is 10.6. The van der Waals surface area contributed by atoms with E-state index in [1.165, 1.54) is 0 Å². The predicted octanol–water partition coefficient (Wildman–Crippen LogP) is 0.991. The molecule has 0 saturated carbocycles. The Hall–Kier alpha value is -2.44. The number of nitro benzene ring substituents is 1. The van der Waals surface area contributed by atoms with Crippen LogP contribution in [0.25, 0.3) is 0 Å². The lowest BCUT2D eigenvalue weighted by atomic mass is 10.1. The minimum Gasteiger partial charge on any atom is -0.478 e. The summed E-state index contributed by atoms with van der Waals surface area (Å²) in [5, 5.41) is 27.6. The van der Waals surface area contributed by atoms with E-state index in [2.05, 4.69) is 0 Å². The molecule has 0 aliphatic rings. The Labute approximate surface area is 82.7 Å². The van der Waals surface area contributed by atoms with Crippen molar-refractivity contribution < 1.29 is 24.7 Å². The van der Waals surface area contributed by atoms with Crippen molar-refractivity contribution in [2.75, 3.05) is 0 Å². The summed E-state index contributed by atoms with van der Waals surface area (Å²) >= 11 is 0. The number of carbonyl (C=O) groups is 2. The van der Waals surface area contributed by atoms with Crippen LogP contribution in [-0.2, 0) is 0 Å². The van der Waals surface area contributed by atoms with Crippen LogP contribution in [0.15, 0.2) is 18.2 Å². The van der Waals surface area contributed by atoms with Gasteiger partial charge in [0.15, 0.2) is 0 Å². The number of hydrogen-bond acceptors (Lipinski definition) is 4. The summed E-state index contributed by atoms with van der Waals surface area (Å²) in [7, 11) is 0. The van der Waals surface area contributed by atoms with E-state index in [0.717, 1.165) is 12.1 Å². The molecule has 1 rings (SSSR count). The number of hydrogen-bond donors (Lipinski definition) is 2. The molecule has 0 bridgehead atoms. The van der Waals surface area contributed by atoms with Crippen LogP contribution in [-0.4, -0.2) is 27.1 Å². The molecule has 1 aromatic rings. The minimum absolute atomic E-state index is 0.327. The second kappa shape index (κ2) is 3.74. The van der Waals surface area contributed by atoms with E-state index < -0.39 is 28.1 Å². The fourth-order valence-corrected chi connectivity index (χ4v) is 0.997. The van der Waals surface area contributed by atoms with Gasteiger partial charge >= 0.3 is 11.9 Å². The minimum atomic E-state index is -1.47. The highest BCUT2D eigenvalue weighted by atomic mass is 16.6. The first-order chi connectivity index (χ1) is 6.93. The third-order valence-corrected chi connectivity index (χ3v) is 1.67. The number of carboxylic acid groups (broad SMARTS) is 2. The van der Waals surface area contributed by atoms with Crippen LogP contribution in [0.1, 0.15) is 20.7 Å². The van der Waals surface area contributed by atoms with Crippen molar-refractivity contribution in [3.8, 4) is 0 Å². The number of nitrogens with zero attached hydrogens (tertiary/aromatic N) is 1. The van der Waals surface area contributed by atoms with E-state index in [1.807, 2.05) is 0 Å². The third kappa shape index (κ3) is 2.08. The van der Waals surface area contributed by atoms with E-state index in [0.29, 0.717) is 6.07 Å². The standard InChI is InChI=1S/C8H5NO6/c10-7(11)4-1-2-5(8(12)13)6(3-4)9(14)15/h1-3H,(H,10,11)(H,12,13). The molecule has 0 heterocycles. The van der Waals surface area contributed by atoms with Crippen molar-refractivity contribution in [1.29, 1.82) is 0 Å². The van der Waals surface area contributed by atoms with Gasteiger partial charge in [-0.15, -0.1) is 0 Å². The number of benzene rings is 1. The Balaban J connectivity index is 3.40. The summed E-state index contributed by atoms with van der Waals surface area (Å²) in [5.41, 5.74) is -1.60. The lowest BCUT2D eigenvalue weighted by Gasteiger charge is -1.99. The lowest BCUT2D eigenvalue weighted by Crippen LogP contribution is -2.05. The molecule has 7 nitrogen and oxygen atoms in total. The van der Waals surface area contributed by atoms with Gasteiger partial charge in [-0.05, 0) is 12.1 Å². The van der Waals surface area contributed by atoms with Crippen molar-refractivity contribution in [1.82, 2.24) is 0 Å². The molecule has 0 spiro atoms. The van der Waals surface area contributed by atoms with Crippen molar-refractivity contribution >= 4 is 17.6 Å². The molecule has 0 amide bonds. The van der Waals surface area contributed by atoms with Gasteiger partial charge in [-0.3, -0.25) is 10.1 Å². The first kappa shape index (κ1) is 10.6. The predicted molar refractivity (Wildman–Crippen MR) is 47.0 cm³/mol. The van der Waals surface area contributed by atoms with Crippen molar-refractivity contribution in [2.24, 2.45) is 0 Å². The average molecular weight is 211 g/mol. The second-order valence-electron chi connectivity index (χ2n) is 2.60. The lowest BCUT2D eigenvalue weighted by molar-refractivity contribution is -0.385. The quantitative estimate of drug-likeness (QED) is 0.568. The highest BCUT2D eigenvalue weighted by molar-refractivity contribution is 5.95. The fourth-order valence-electron chi connectivity index (χ4n) is 0.997. The molecule has 0 aliphatic heterocycles. The normalized spacial score (nSPS) is 9.60. The molecular weight excluding hydrogens is 206 g/mol. The molecule has 0 fully saturated rings. The van der Waals surface area contributed by atoms with Gasteiger partial charge in [0.05, 0.1) is 10.5 Å². The molecule has 0 saturated heterocycles. The van der Waals surface area contributed by atoms with Crippen LogP contribution in [0.3, 0.4) is 0 Å². The molecular formula is C8H5NO6. The van der Waals surface area contributed by atoms with Crippen molar-refractivity contribution in [2.45, 2.75) is 0 Å². The number of aromatic carboxylic acids is 2. The van der Waals surface area contributed by atoms with E-state index in [-0.39, 0.29) is 5.56 Å². The summed E-state index contributed by atoms with van der Waals surface area (Å²) in [6.07, 6.45) is 0. The van der Waals surface area contributed by atoms with Gasteiger partial charge in [0.1, 0.15) is 5.56 Å². The van der Waals surface area contributed by atoms with E-state index >= 15 is 0 Å². The van der Waals surface area contributed by atoms with Gasteiger partial charge in [0.25, 0.3) is 5.69 Å². The summed E-state index contributed by atoms with van der Waals surface area (Å²) in [5.74, 6) is -2.83. The molecule has 0 aromatic heterocycles. The fraction of sp³-hybridized carbons (Fsp3) is 0. The number of carboxylic acids is 2. The Bertz CT molecular complexity index is 452. The number of rotatable bonds is 3. The largest absolute Gasteiger partial charge is 0.478 e. The van der Waals surface area contributed by atoms with Crippen LogP contribution in [0.5, 0.6) is 0 Å². The van der Waals surface area contributed by atoms with Gasteiger partial charge in [-0.1, -0.05) is 0 Å². The first-order valence-electron chi connectivity index (χ1n) is 3.68. The molecule has 78 valence electrons. The topological polar surface area (TPSA) is 118 Å². The Kier molecular flexibility index (Phi) is 2.65. The van der Waals surface area contributed by atoms with Crippen molar-refractivity contribution in [3.05, 3.63) is 39.4 Å². The third-order valence-electron chi connectivity index (χ3n) is 1.67. The molecule has 0 unspecified atom stereocenters. The highest BCUT2D eigenvalue weighted by Crippen LogP contribution is 2.20. The Morgan fingerprint density at radius 2 is 1.80 bits per heavy atom. The van der Waals surface area contributed by atoms with Gasteiger partial charge in [-0.25, -0.2) is 9.59 Å². The maximum Gasteiger partial charge on any atom is 0.342 e. The zero-order valence-corrected chi connectivity index (χ0v) is 7.21. The van der Waals surface area contributed by atoms with Gasteiger partial charge in [0, 0.05) is 6.07 Å². The monoisotopic (exact) mass is 211 g/mol. The van der Waals surface area contributed by atoms with Crippen molar-refractivity contribution in [3.63, 3.8) is 0 Å².